The predicted molar refractivity (Wildman–Crippen MR) is 277 cm³/mol. The van der Waals surface area contributed by atoms with Crippen LogP contribution in [0, 0.1) is 0 Å². The molecular weight excluding hydrogens is 830 g/mol. The molecule has 8 nitrogen and oxygen atoms in total. The third-order valence-corrected chi connectivity index (χ3v) is 11.6. The second-order valence-electron chi connectivity index (χ2n) is 18.1. The highest BCUT2D eigenvalue weighted by Crippen LogP contribution is 2.38. The van der Waals surface area contributed by atoms with Gasteiger partial charge in [-0.05, 0) is 89.9 Å². The summed E-state index contributed by atoms with van der Waals surface area (Å²) in [5, 5.41) is 0. The Hall–Kier alpha value is -2.58. The Balaban J connectivity index is 4.14. The van der Waals surface area contributed by atoms with Crippen molar-refractivity contribution < 1.29 is 37.3 Å². The number of carbonyl (C=O) groups is 1. The average Bonchev–Trinajstić information content (AvgIpc) is 3.27. The van der Waals surface area contributed by atoms with Gasteiger partial charge in [-0.3, -0.25) is 9.36 Å². The van der Waals surface area contributed by atoms with Crippen LogP contribution in [0.4, 0.5) is 0 Å². The lowest BCUT2D eigenvalue weighted by molar-refractivity contribution is -0.870. The molecule has 0 aliphatic carbocycles. The second kappa shape index (κ2) is 47.9. The molecule has 9 heteroatoms. The van der Waals surface area contributed by atoms with E-state index in [0.29, 0.717) is 17.6 Å². The van der Waals surface area contributed by atoms with Crippen molar-refractivity contribution in [3.05, 3.63) is 97.2 Å². The van der Waals surface area contributed by atoms with E-state index in [0.717, 1.165) is 96.3 Å². The van der Waals surface area contributed by atoms with Gasteiger partial charge in [0.15, 0.2) is 0 Å². The predicted octanol–water partition coefficient (Wildman–Crippen LogP) is 15.5. The molecule has 0 bridgehead atoms. The Bertz CT molecular complexity index is 1360. The van der Waals surface area contributed by atoms with Gasteiger partial charge in [0.1, 0.15) is 19.3 Å². The highest BCUT2D eigenvalue weighted by atomic mass is 31.2. The van der Waals surface area contributed by atoms with Crippen molar-refractivity contribution >= 4 is 13.8 Å². The van der Waals surface area contributed by atoms with Crippen molar-refractivity contribution in [2.45, 2.75) is 200 Å². The van der Waals surface area contributed by atoms with E-state index in [1.54, 1.807) is 0 Å². The van der Waals surface area contributed by atoms with Gasteiger partial charge in [0.2, 0.25) is 0 Å². The fraction of sp³-hybridized carbons (Fsp3) is 0.696. The quantitative estimate of drug-likeness (QED) is 0.0197. The third-order valence-electron chi connectivity index (χ3n) is 10.6. The second-order valence-corrected chi connectivity index (χ2v) is 19.5. The van der Waals surface area contributed by atoms with Crippen LogP contribution in [-0.2, 0) is 27.9 Å². The monoisotopic (exact) mass is 928 g/mol. The first-order valence-electron chi connectivity index (χ1n) is 26.0. The summed E-state index contributed by atoms with van der Waals surface area (Å²) >= 11 is 0. The summed E-state index contributed by atoms with van der Waals surface area (Å²) in [7, 11) is 1.33. The summed E-state index contributed by atoms with van der Waals surface area (Å²) in [6.07, 6.45) is 65.8. The van der Waals surface area contributed by atoms with E-state index in [2.05, 4.69) is 111 Å². The Morgan fingerprint density at radius 2 is 0.846 bits per heavy atom. The minimum absolute atomic E-state index is 0.0160. The van der Waals surface area contributed by atoms with Crippen LogP contribution in [0.3, 0.4) is 0 Å². The molecule has 0 aromatic heterocycles. The number of unbranched alkanes of at least 4 members (excludes halogenated alkanes) is 17. The maximum Gasteiger partial charge on any atom is 0.306 e. The lowest BCUT2D eigenvalue weighted by Gasteiger charge is -2.28. The lowest BCUT2D eigenvalue weighted by Crippen LogP contribution is -2.37. The van der Waals surface area contributed by atoms with E-state index in [-0.39, 0.29) is 32.2 Å². The van der Waals surface area contributed by atoms with E-state index < -0.39 is 13.9 Å². The Morgan fingerprint density at radius 3 is 1.26 bits per heavy atom. The van der Waals surface area contributed by atoms with Gasteiger partial charge in [0.05, 0.1) is 34.4 Å². The molecular formula is C56H98NO7P. The van der Waals surface area contributed by atoms with Gasteiger partial charge < -0.3 is 27.9 Å². The van der Waals surface area contributed by atoms with Crippen LogP contribution in [0.1, 0.15) is 194 Å². The molecule has 0 aliphatic rings. The summed E-state index contributed by atoms with van der Waals surface area (Å²) in [4.78, 5) is 25.2. The third kappa shape index (κ3) is 52.3. The summed E-state index contributed by atoms with van der Waals surface area (Å²) < 4.78 is 34.7. The van der Waals surface area contributed by atoms with Crippen molar-refractivity contribution in [1.29, 1.82) is 0 Å². The fourth-order valence-electron chi connectivity index (χ4n) is 6.71. The molecule has 0 fully saturated rings. The van der Waals surface area contributed by atoms with Gasteiger partial charge in [-0.25, -0.2) is 0 Å². The van der Waals surface area contributed by atoms with Crippen molar-refractivity contribution in [3.8, 4) is 0 Å². The smallest absolute Gasteiger partial charge is 0.306 e. The van der Waals surface area contributed by atoms with Crippen molar-refractivity contribution in [3.63, 3.8) is 0 Å². The van der Waals surface area contributed by atoms with Crippen LogP contribution in [-0.4, -0.2) is 70.7 Å². The SMILES string of the molecule is CC/C=C\C/C=C\C/C=C\C/C=C\CCCCCCCCCCCCCCCOCC(COP(=O)([O-])OCC[N+](C)(C)C)OC(=O)CCCCCC/C=C\C/C=C\C/C=C\C/C=C\CC. The molecule has 0 aliphatic heterocycles. The molecule has 0 amide bonds. The molecule has 0 saturated carbocycles. The zero-order valence-electron chi connectivity index (χ0n) is 42.4. The minimum atomic E-state index is -4.54. The number of rotatable bonds is 47. The van der Waals surface area contributed by atoms with Crippen molar-refractivity contribution in [1.82, 2.24) is 0 Å². The number of phosphoric acid groups is 1. The molecule has 2 atom stereocenters. The number of esters is 1. The van der Waals surface area contributed by atoms with Gasteiger partial charge in [0, 0.05) is 13.0 Å². The normalized spacial score (nSPS) is 14.4. The van der Waals surface area contributed by atoms with Crippen LogP contribution < -0.4 is 4.89 Å². The molecule has 65 heavy (non-hydrogen) atoms. The van der Waals surface area contributed by atoms with Crippen LogP contribution >= 0.6 is 7.82 Å². The highest BCUT2D eigenvalue weighted by Gasteiger charge is 2.20. The lowest BCUT2D eigenvalue weighted by atomic mass is 10.0. The van der Waals surface area contributed by atoms with Gasteiger partial charge in [-0.2, -0.15) is 0 Å². The number of hydrogen-bond acceptors (Lipinski definition) is 7. The van der Waals surface area contributed by atoms with Crippen molar-refractivity contribution in [2.75, 3.05) is 54.1 Å². The molecule has 0 rings (SSSR count). The van der Waals surface area contributed by atoms with Crippen molar-refractivity contribution in [2.24, 2.45) is 0 Å². The molecule has 0 aromatic carbocycles. The zero-order chi connectivity index (χ0) is 47.6. The molecule has 374 valence electrons. The van der Waals surface area contributed by atoms with E-state index in [1.807, 2.05) is 21.1 Å². The number of carbonyl (C=O) groups excluding carboxylic acids is 1. The van der Waals surface area contributed by atoms with Gasteiger partial charge in [-0.1, -0.05) is 195 Å². The molecule has 0 spiro atoms. The Kier molecular flexibility index (Phi) is 46.0. The van der Waals surface area contributed by atoms with Crippen LogP contribution in [0.5, 0.6) is 0 Å². The van der Waals surface area contributed by atoms with E-state index in [4.69, 9.17) is 18.5 Å². The number of phosphoric ester groups is 1. The van der Waals surface area contributed by atoms with Gasteiger partial charge in [0.25, 0.3) is 7.82 Å². The average molecular weight is 928 g/mol. The molecule has 2 unspecified atom stereocenters. The Labute approximate surface area is 400 Å². The number of ether oxygens (including phenoxy) is 2. The fourth-order valence-corrected chi connectivity index (χ4v) is 7.43. The molecule has 0 saturated heterocycles. The van der Waals surface area contributed by atoms with Crippen LogP contribution in [0.15, 0.2) is 97.2 Å². The molecule has 0 N–H and O–H groups in total. The standard InChI is InChI=1S/C56H98NO7P/c1-6-8-10-12-14-16-18-20-22-24-25-26-27-28-29-30-31-32-34-36-38-40-42-44-46-48-51-61-53-55(54-63-65(59,60)62-52-50-57(3,4)5)64-56(58)49-47-45-43-41-39-37-35-33-23-21-19-17-15-13-11-9-7-2/h8-11,14-17,20-23,25-26,35,37,55H,6-7,12-13,18-19,24,27-34,36,38-54H2,1-5H3/b10-8-,11-9-,16-14-,17-15-,22-20-,23-21-,26-25-,37-35-. The summed E-state index contributed by atoms with van der Waals surface area (Å²) in [6, 6.07) is 0. The van der Waals surface area contributed by atoms with Crippen LogP contribution in [0.25, 0.3) is 0 Å². The van der Waals surface area contributed by atoms with Crippen LogP contribution in [0.2, 0.25) is 0 Å². The van der Waals surface area contributed by atoms with E-state index in [9.17, 15) is 14.3 Å². The summed E-state index contributed by atoms with van der Waals surface area (Å²) in [5.74, 6) is -0.360. The number of nitrogens with zero attached hydrogens (tertiary/aromatic N) is 1. The number of quaternary nitrogens is 1. The summed E-state index contributed by atoms with van der Waals surface area (Å²) in [6.45, 7) is 5.14. The maximum absolute atomic E-state index is 12.7. The minimum Gasteiger partial charge on any atom is -0.756 e. The number of likely N-dealkylation sites (N-methyl/N-ethyl adjacent to an activating group) is 1. The zero-order valence-corrected chi connectivity index (χ0v) is 43.3. The van der Waals surface area contributed by atoms with Gasteiger partial charge in [-0.15, -0.1) is 0 Å². The molecule has 0 heterocycles. The first-order valence-corrected chi connectivity index (χ1v) is 27.4. The topological polar surface area (TPSA) is 94.1 Å². The first-order chi connectivity index (χ1) is 31.6. The number of allylic oxidation sites excluding steroid dienone is 16. The molecule has 0 radical (unpaired) electrons. The number of hydrogen-bond donors (Lipinski definition) is 0. The first kappa shape index (κ1) is 62.4. The highest BCUT2D eigenvalue weighted by molar-refractivity contribution is 7.45. The van der Waals surface area contributed by atoms with Gasteiger partial charge >= 0.3 is 5.97 Å². The van der Waals surface area contributed by atoms with E-state index >= 15 is 0 Å². The largest absolute Gasteiger partial charge is 0.756 e. The van der Waals surface area contributed by atoms with E-state index in [1.165, 1.54) is 77.0 Å². The Morgan fingerprint density at radius 1 is 0.477 bits per heavy atom. The molecule has 0 aromatic rings. The summed E-state index contributed by atoms with van der Waals surface area (Å²) in [5.41, 5.74) is 0. The maximum atomic E-state index is 12.7.